The van der Waals surface area contributed by atoms with Gasteiger partial charge in [-0.2, -0.15) is 0 Å². The molecule has 2 aliphatic rings. The van der Waals surface area contributed by atoms with Crippen molar-refractivity contribution < 1.29 is 0 Å². The van der Waals surface area contributed by atoms with Crippen LogP contribution in [0.1, 0.15) is 57.2 Å². The number of allylic oxidation sites excluding steroid dienone is 4. The van der Waals surface area contributed by atoms with Crippen molar-refractivity contribution in [2.24, 2.45) is 5.92 Å². The molecule has 0 fully saturated rings. The van der Waals surface area contributed by atoms with Gasteiger partial charge in [-0.15, -0.1) is 0 Å². The summed E-state index contributed by atoms with van der Waals surface area (Å²) in [6, 6.07) is 6.90. The van der Waals surface area contributed by atoms with Crippen LogP contribution in [-0.4, -0.2) is 0 Å². The SMILES string of the molecule is CC.CC.CC1=CC2Cc3cc(C)ccc3C2C=C1. The van der Waals surface area contributed by atoms with Gasteiger partial charge in [0.15, 0.2) is 0 Å². The zero-order valence-electron chi connectivity index (χ0n) is 13.3. The molecule has 1 aromatic carbocycles. The molecular formula is C19H28. The molecule has 0 heterocycles. The molecule has 2 unspecified atom stereocenters. The maximum atomic E-state index is 2.43. The van der Waals surface area contributed by atoms with Crippen LogP contribution in [0.2, 0.25) is 0 Å². The Balaban J connectivity index is 0.000000415. The lowest BCUT2D eigenvalue weighted by Gasteiger charge is -2.18. The highest BCUT2D eigenvalue weighted by Gasteiger charge is 2.30. The standard InChI is InChI=1S/C15H16.2C2H6/c1-10-3-5-14-12(7-10)9-13-8-11(2)4-6-15(13)14;2*1-2/h3-8,12,14H,9H2,1-2H3;2*1-2H3. The van der Waals surface area contributed by atoms with Crippen molar-refractivity contribution in [3.63, 3.8) is 0 Å². The highest BCUT2D eigenvalue weighted by Crippen LogP contribution is 2.42. The Morgan fingerprint density at radius 2 is 1.68 bits per heavy atom. The molecule has 1 aromatic rings. The Bertz CT molecular complexity index is 463. The van der Waals surface area contributed by atoms with Crippen molar-refractivity contribution in [3.05, 3.63) is 58.7 Å². The Morgan fingerprint density at radius 3 is 2.37 bits per heavy atom. The van der Waals surface area contributed by atoms with E-state index >= 15 is 0 Å². The van der Waals surface area contributed by atoms with Gasteiger partial charge in [-0.05, 0) is 37.3 Å². The third kappa shape index (κ3) is 3.37. The van der Waals surface area contributed by atoms with Crippen LogP contribution in [-0.2, 0) is 6.42 Å². The molecule has 0 aromatic heterocycles. The molecule has 0 amide bonds. The fourth-order valence-corrected chi connectivity index (χ4v) is 2.91. The zero-order valence-corrected chi connectivity index (χ0v) is 13.3. The number of benzene rings is 1. The summed E-state index contributed by atoms with van der Waals surface area (Å²) in [5.74, 6) is 1.36. The average molecular weight is 256 g/mol. The van der Waals surface area contributed by atoms with Gasteiger partial charge in [-0.25, -0.2) is 0 Å². The Kier molecular flexibility index (Phi) is 6.08. The summed E-state index contributed by atoms with van der Waals surface area (Å²) in [6.45, 7) is 12.4. The molecule has 0 N–H and O–H groups in total. The van der Waals surface area contributed by atoms with E-state index in [1.807, 2.05) is 27.7 Å². The van der Waals surface area contributed by atoms with Crippen LogP contribution in [0.5, 0.6) is 0 Å². The number of fused-ring (bicyclic) bond motifs is 3. The van der Waals surface area contributed by atoms with Gasteiger partial charge in [0.1, 0.15) is 0 Å². The predicted octanol–water partition coefficient (Wildman–Crippen LogP) is 5.82. The van der Waals surface area contributed by atoms with Crippen LogP contribution < -0.4 is 0 Å². The first-order chi connectivity index (χ1) is 9.24. The van der Waals surface area contributed by atoms with Crippen LogP contribution in [0.3, 0.4) is 0 Å². The highest BCUT2D eigenvalue weighted by molar-refractivity contribution is 5.45. The van der Waals surface area contributed by atoms with E-state index < -0.39 is 0 Å². The molecular weight excluding hydrogens is 228 g/mol. The van der Waals surface area contributed by atoms with E-state index in [-0.39, 0.29) is 0 Å². The van der Waals surface area contributed by atoms with Crippen LogP contribution in [0.4, 0.5) is 0 Å². The fourth-order valence-electron chi connectivity index (χ4n) is 2.91. The molecule has 3 rings (SSSR count). The lowest BCUT2D eigenvalue weighted by atomic mass is 9.86. The van der Waals surface area contributed by atoms with E-state index in [0.717, 1.165) is 0 Å². The van der Waals surface area contributed by atoms with E-state index in [0.29, 0.717) is 11.8 Å². The molecule has 0 nitrogen and oxygen atoms in total. The first kappa shape index (κ1) is 15.8. The summed E-state index contributed by atoms with van der Waals surface area (Å²) >= 11 is 0. The normalized spacial score (nSPS) is 22.1. The van der Waals surface area contributed by atoms with Crippen LogP contribution in [0, 0.1) is 12.8 Å². The van der Waals surface area contributed by atoms with E-state index in [2.05, 4.69) is 50.3 Å². The molecule has 19 heavy (non-hydrogen) atoms. The highest BCUT2D eigenvalue weighted by atomic mass is 14.3. The minimum atomic E-state index is 0.643. The van der Waals surface area contributed by atoms with Crippen molar-refractivity contribution in [2.45, 2.75) is 53.9 Å². The third-order valence-electron chi connectivity index (χ3n) is 3.62. The van der Waals surface area contributed by atoms with Gasteiger partial charge in [-0.3, -0.25) is 0 Å². The van der Waals surface area contributed by atoms with Gasteiger partial charge in [0, 0.05) is 5.92 Å². The second-order valence-electron chi connectivity index (χ2n) is 4.87. The first-order valence-corrected chi connectivity index (χ1v) is 7.70. The lowest BCUT2D eigenvalue weighted by Crippen LogP contribution is -2.06. The minimum Gasteiger partial charge on any atom is -0.0772 e. The summed E-state index contributed by atoms with van der Waals surface area (Å²) < 4.78 is 0. The Hall–Kier alpha value is -1.30. The molecule has 0 bridgehead atoms. The second-order valence-corrected chi connectivity index (χ2v) is 4.87. The van der Waals surface area contributed by atoms with E-state index in [1.165, 1.54) is 17.6 Å². The number of hydrogen-bond acceptors (Lipinski definition) is 0. The molecule has 104 valence electrons. The van der Waals surface area contributed by atoms with E-state index in [9.17, 15) is 0 Å². The summed E-state index contributed by atoms with van der Waals surface area (Å²) in [5, 5.41) is 0. The van der Waals surface area contributed by atoms with Crippen molar-refractivity contribution in [1.29, 1.82) is 0 Å². The average Bonchev–Trinajstić information content (AvgIpc) is 2.79. The van der Waals surface area contributed by atoms with Gasteiger partial charge in [-0.1, -0.05) is 75.3 Å². The van der Waals surface area contributed by atoms with Crippen molar-refractivity contribution in [1.82, 2.24) is 0 Å². The molecule has 2 atom stereocenters. The van der Waals surface area contributed by atoms with Crippen LogP contribution in [0.25, 0.3) is 0 Å². The number of rotatable bonds is 0. The molecule has 0 saturated carbocycles. The van der Waals surface area contributed by atoms with Crippen molar-refractivity contribution in [2.75, 3.05) is 0 Å². The first-order valence-electron chi connectivity index (χ1n) is 7.70. The van der Waals surface area contributed by atoms with Gasteiger partial charge in [0.25, 0.3) is 0 Å². The number of hydrogen-bond donors (Lipinski definition) is 0. The summed E-state index contributed by atoms with van der Waals surface area (Å²) in [7, 11) is 0. The van der Waals surface area contributed by atoms with Gasteiger partial charge < -0.3 is 0 Å². The van der Waals surface area contributed by atoms with E-state index in [1.54, 1.807) is 11.1 Å². The predicted molar refractivity (Wildman–Crippen MR) is 86.7 cm³/mol. The van der Waals surface area contributed by atoms with Gasteiger partial charge in [0.05, 0.1) is 0 Å². The van der Waals surface area contributed by atoms with Gasteiger partial charge in [0.2, 0.25) is 0 Å². The smallest absolute Gasteiger partial charge is 0.00901 e. The molecule has 0 saturated heterocycles. The maximum Gasteiger partial charge on any atom is 0.00901 e. The van der Waals surface area contributed by atoms with Crippen LogP contribution in [0.15, 0.2) is 42.0 Å². The Morgan fingerprint density at radius 1 is 1.00 bits per heavy atom. The summed E-state index contributed by atoms with van der Waals surface area (Å²) in [5.41, 5.74) is 5.91. The summed E-state index contributed by atoms with van der Waals surface area (Å²) in [6.07, 6.45) is 8.29. The fraction of sp³-hybridized carbons (Fsp3) is 0.474. The molecule has 0 spiro atoms. The maximum absolute atomic E-state index is 2.43. The van der Waals surface area contributed by atoms with Crippen molar-refractivity contribution >= 4 is 0 Å². The quantitative estimate of drug-likeness (QED) is 0.548. The Labute approximate surface area is 119 Å². The van der Waals surface area contributed by atoms with Crippen LogP contribution >= 0.6 is 0 Å². The molecule has 0 aliphatic heterocycles. The zero-order chi connectivity index (χ0) is 14.4. The molecule has 0 heteroatoms. The van der Waals surface area contributed by atoms with Gasteiger partial charge >= 0.3 is 0 Å². The monoisotopic (exact) mass is 256 g/mol. The third-order valence-corrected chi connectivity index (χ3v) is 3.62. The molecule has 0 radical (unpaired) electrons. The summed E-state index contributed by atoms with van der Waals surface area (Å²) in [4.78, 5) is 0. The minimum absolute atomic E-state index is 0.643. The van der Waals surface area contributed by atoms with E-state index in [4.69, 9.17) is 0 Å². The lowest BCUT2D eigenvalue weighted by molar-refractivity contribution is 0.625. The molecule has 2 aliphatic carbocycles. The topological polar surface area (TPSA) is 0 Å². The number of aryl methyl sites for hydroxylation is 1. The second kappa shape index (κ2) is 7.33. The largest absolute Gasteiger partial charge is 0.0772 e. The van der Waals surface area contributed by atoms with Crippen molar-refractivity contribution in [3.8, 4) is 0 Å².